The summed E-state index contributed by atoms with van der Waals surface area (Å²) in [6, 6.07) is 4.53. The van der Waals surface area contributed by atoms with E-state index in [9.17, 15) is 4.79 Å². The molecule has 4 bridgehead atoms. The van der Waals surface area contributed by atoms with Crippen molar-refractivity contribution >= 4 is 5.97 Å². The van der Waals surface area contributed by atoms with Gasteiger partial charge in [0, 0.05) is 24.1 Å². The number of esters is 1. The fraction of sp³-hybridized carbons (Fsp3) is 0.609. The van der Waals surface area contributed by atoms with E-state index in [1.54, 1.807) is 14.2 Å². The molecule has 1 saturated heterocycles. The molecule has 2 fully saturated rings. The number of carbonyl (C=O) groups is 1. The van der Waals surface area contributed by atoms with Crippen LogP contribution in [0.2, 0.25) is 0 Å². The molecule has 0 amide bonds. The first-order valence-corrected chi connectivity index (χ1v) is 10.4. The Kier molecular flexibility index (Phi) is 3.28. The maximum absolute atomic E-state index is 12.9. The summed E-state index contributed by atoms with van der Waals surface area (Å²) < 4.78 is 23.9. The lowest BCUT2D eigenvalue weighted by molar-refractivity contribution is -0.221. The van der Waals surface area contributed by atoms with E-state index in [0.717, 1.165) is 37.3 Å². The van der Waals surface area contributed by atoms with Crippen molar-refractivity contribution in [1.82, 2.24) is 4.90 Å². The highest BCUT2D eigenvalue weighted by molar-refractivity contribution is 5.78. The van der Waals surface area contributed by atoms with Gasteiger partial charge in [0.2, 0.25) is 0 Å². The Balaban J connectivity index is 1.69. The fourth-order valence-electron chi connectivity index (χ4n) is 7.61. The van der Waals surface area contributed by atoms with Gasteiger partial charge in [0.05, 0.1) is 25.6 Å². The van der Waals surface area contributed by atoms with Gasteiger partial charge < -0.3 is 23.8 Å². The smallest absolute Gasteiger partial charge is 0.312 e. The van der Waals surface area contributed by atoms with Crippen LogP contribution in [0, 0.1) is 11.3 Å². The molecule has 0 radical (unpaired) electrons. The average molecular weight is 397 g/mol. The van der Waals surface area contributed by atoms with Crippen molar-refractivity contribution in [3.8, 4) is 11.5 Å². The van der Waals surface area contributed by atoms with E-state index < -0.39 is 11.5 Å². The zero-order valence-corrected chi connectivity index (χ0v) is 17.4. The topological polar surface area (TPSA) is 57.2 Å². The van der Waals surface area contributed by atoms with Crippen LogP contribution in [0.1, 0.15) is 24.0 Å². The number of ether oxygens (including phenoxy) is 4. The van der Waals surface area contributed by atoms with Crippen molar-refractivity contribution < 1.29 is 23.7 Å². The molecule has 2 spiro atoms. The Morgan fingerprint density at radius 3 is 2.79 bits per heavy atom. The van der Waals surface area contributed by atoms with Gasteiger partial charge in [-0.15, -0.1) is 0 Å². The molecule has 0 unspecified atom stereocenters. The molecule has 6 atom stereocenters. The molecule has 29 heavy (non-hydrogen) atoms. The van der Waals surface area contributed by atoms with Crippen LogP contribution in [-0.2, 0) is 26.1 Å². The van der Waals surface area contributed by atoms with E-state index in [1.807, 2.05) is 6.07 Å². The van der Waals surface area contributed by atoms with Crippen LogP contribution in [0.15, 0.2) is 24.3 Å². The van der Waals surface area contributed by atoms with Crippen molar-refractivity contribution in [3.05, 3.63) is 35.4 Å². The SMILES string of the molecule is COC(=O)[C@H]1C[C@@]23C=C[C@@]1(OC)[C@H]1Oc4c(OC)ccc5c4[C@@]12CCN(C)[C@H]3C5. The number of carbonyl (C=O) groups excluding carboxylic acids is 1. The van der Waals surface area contributed by atoms with Crippen LogP contribution in [0.3, 0.4) is 0 Å². The quantitative estimate of drug-likeness (QED) is 0.575. The number of benzene rings is 1. The van der Waals surface area contributed by atoms with Crippen LogP contribution in [0.5, 0.6) is 11.5 Å². The molecule has 2 aliphatic heterocycles. The summed E-state index contributed by atoms with van der Waals surface area (Å²) in [6.45, 7) is 0.999. The standard InChI is InChI=1S/C23H27NO5/c1-24-10-9-22-17-13-5-6-15(26-2)18(17)29-20(22)23(28-4)8-7-21(22,16(24)11-13)12-14(23)19(25)27-3/h5-8,14,16,20H,9-12H2,1-4H3/t14-,16+,20+,21-,22+,23+/m1/s1. The van der Waals surface area contributed by atoms with Crippen LogP contribution < -0.4 is 9.47 Å². The lowest BCUT2D eigenvalue weighted by Crippen LogP contribution is -2.79. The Bertz CT molecular complexity index is 959. The molecule has 2 heterocycles. The van der Waals surface area contributed by atoms with Gasteiger partial charge in [-0.25, -0.2) is 0 Å². The van der Waals surface area contributed by atoms with Gasteiger partial charge in [-0.05, 0) is 44.5 Å². The fourth-order valence-corrected chi connectivity index (χ4v) is 7.61. The van der Waals surface area contributed by atoms with E-state index in [2.05, 4.69) is 30.2 Å². The Hall–Kier alpha value is -2.05. The second-order valence-corrected chi connectivity index (χ2v) is 9.26. The normalized spacial score (nSPS) is 43.0. The molecule has 6 aliphatic rings. The third kappa shape index (κ3) is 1.65. The second kappa shape index (κ2) is 5.35. The minimum atomic E-state index is -0.839. The van der Waals surface area contributed by atoms with Crippen molar-refractivity contribution in [2.45, 2.75) is 42.4 Å². The van der Waals surface area contributed by atoms with Gasteiger partial charge in [0.25, 0.3) is 0 Å². The van der Waals surface area contributed by atoms with Gasteiger partial charge in [-0.2, -0.15) is 0 Å². The molecule has 0 N–H and O–H groups in total. The van der Waals surface area contributed by atoms with E-state index in [1.165, 1.54) is 18.2 Å². The molecule has 0 aromatic heterocycles. The van der Waals surface area contributed by atoms with Gasteiger partial charge >= 0.3 is 5.97 Å². The third-order valence-electron chi connectivity index (χ3n) is 8.76. The predicted octanol–water partition coefficient (Wildman–Crippen LogP) is 2.09. The maximum atomic E-state index is 12.9. The van der Waals surface area contributed by atoms with Crippen molar-refractivity contribution in [2.75, 3.05) is 34.9 Å². The van der Waals surface area contributed by atoms with E-state index >= 15 is 0 Å². The minimum Gasteiger partial charge on any atom is -0.493 e. The summed E-state index contributed by atoms with van der Waals surface area (Å²) in [5, 5.41) is 0. The third-order valence-corrected chi connectivity index (χ3v) is 8.76. The average Bonchev–Trinajstić information content (AvgIpc) is 3.12. The molecular formula is C23H27NO5. The number of nitrogens with zero attached hydrogens (tertiary/aromatic N) is 1. The number of hydrogen-bond acceptors (Lipinski definition) is 6. The second-order valence-electron chi connectivity index (χ2n) is 9.26. The molecule has 4 aliphatic carbocycles. The summed E-state index contributed by atoms with van der Waals surface area (Å²) >= 11 is 0. The van der Waals surface area contributed by atoms with E-state index in [0.29, 0.717) is 6.04 Å². The first-order chi connectivity index (χ1) is 14.0. The number of fused-ring (bicyclic) bond motifs is 1. The zero-order valence-electron chi connectivity index (χ0n) is 17.4. The number of methoxy groups -OCH3 is 3. The number of rotatable bonds is 3. The van der Waals surface area contributed by atoms with Crippen LogP contribution >= 0.6 is 0 Å². The maximum Gasteiger partial charge on any atom is 0.312 e. The Morgan fingerprint density at radius 1 is 1.24 bits per heavy atom. The lowest BCUT2D eigenvalue weighted by atomic mass is 9.37. The first kappa shape index (κ1) is 17.8. The van der Waals surface area contributed by atoms with Crippen LogP contribution in [0.25, 0.3) is 0 Å². The molecular weight excluding hydrogens is 370 g/mol. The first-order valence-electron chi connectivity index (χ1n) is 10.4. The predicted molar refractivity (Wildman–Crippen MR) is 105 cm³/mol. The molecule has 7 rings (SSSR count). The number of likely N-dealkylation sites (tertiary alicyclic amines) is 1. The Labute approximate surface area is 170 Å². The summed E-state index contributed by atoms with van der Waals surface area (Å²) in [6.07, 6.45) is 6.82. The van der Waals surface area contributed by atoms with Crippen molar-refractivity contribution in [2.24, 2.45) is 11.3 Å². The molecule has 6 nitrogen and oxygen atoms in total. The highest BCUT2D eigenvalue weighted by Crippen LogP contribution is 2.74. The minimum absolute atomic E-state index is 0.186. The molecule has 1 aromatic carbocycles. The Morgan fingerprint density at radius 2 is 2.07 bits per heavy atom. The largest absolute Gasteiger partial charge is 0.493 e. The van der Waals surface area contributed by atoms with E-state index in [4.69, 9.17) is 18.9 Å². The summed E-state index contributed by atoms with van der Waals surface area (Å²) in [5.74, 6) is 0.998. The molecule has 6 heteroatoms. The number of piperidine rings is 1. The summed E-state index contributed by atoms with van der Waals surface area (Å²) in [4.78, 5) is 15.4. The summed E-state index contributed by atoms with van der Waals surface area (Å²) in [7, 11) is 7.05. The van der Waals surface area contributed by atoms with Gasteiger partial charge in [0.1, 0.15) is 11.7 Å². The van der Waals surface area contributed by atoms with Crippen LogP contribution in [0.4, 0.5) is 0 Å². The van der Waals surface area contributed by atoms with Gasteiger partial charge in [-0.1, -0.05) is 18.2 Å². The highest BCUT2D eigenvalue weighted by Gasteiger charge is 2.80. The zero-order chi connectivity index (χ0) is 20.2. The highest BCUT2D eigenvalue weighted by atomic mass is 16.6. The number of likely N-dealkylation sites (N-methyl/N-ethyl adjacent to an activating group) is 1. The molecule has 154 valence electrons. The van der Waals surface area contributed by atoms with Crippen molar-refractivity contribution in [3.63, 3.8) is 0 Å². The van der Waals surface area contributed by atoms with Crippen molar-refractivity contribution in [1.29, 1.82) is 0 Å². The monoisotopic (exact) mass is 397 g/mol. The lowest BCUT2D eigenvalue weighted by Gasteiger charge is -2.70. The van der Waals surface area contributed by atoms with Gasteiger partial charge in [-0.3, -0.25) is 4.79 Å². The van der Waals surface area contributed by atoms with E-state index in [-0.39, 0.29) is 22.9 Å². The summed E-state index contributed by atoms with van der Waals surface area (Å²) in [5.41, 5.74) is 1.40. The van der Waals surface area contributed by atoms with Gasteiger partial charge in [0.15, 0.2) is 11.5 Å². The van der Waals surface area contributed by atoms with Crippen LogP contribution in [-0.4, -0.2) is 63.5 Å². The molecule has 1 saturated carbocycles. The number of hydrogen-bond donors (Lipinski definition) is 0. The molecule has 1 aromatic rings.